The van der Waals surface area contributed by atoms with Gasteiger partial charge in [-0.1, -0.05) is 29.8 Å². The molecule has 1 unspecified atom stereocenters. The molecule has 0 radical (unpaired) electrons. The predicted molar refractivity (Wildman–Crippen MR) is 82.7 cm³/mol. The van der Waals surface area contributed by atoms with Crippen LogP contribution >= 0.6 is 27.5 Å². The second kappa shape index (κ2) is 5.67. The number of aliphatic hydroxyl groups excluding tert-OH is 1. The SMILES string of the molecule is OC(c1ccc(Br)c(Cl)c1F)c1cccc2nccnc12. The zero-order chi connectivity index (χ0) is 15.0. The Morgan fingerprint density at radius 3 is 2.67 bits per heavy atom. The molecule has 0 amide bonds. The molecule has 0 aliphatic heterocycles. The maximum atomic E-state index is 14.2. The van der Waals surface area contributed by atoms with Crippen LogP contribution < -0.4 is 0 Å². The van der Waals surface area contributed by atoms with Crippen molar-refractivity contribution in [2.24, 2.45) is 0 Å². The van der Waals surface area contributed by atoms with Crippen molar-refractivity contribution in [3.8, 4) is 0 Å². The van der Waals surface area contributed by atoms with Crippen LogP contribution in [0.4, 0.5) is 4.39 Å². The van der Waals surface area contributed by atoms with E-state index < -0.39 is 11.9 Å². The summed E-state index contributed by atoms with van der Waals surface area (Å²) >= 11 is 9.02. The Bertz CT molecular complexity index is 823. The Hall–Kier alpha value is -1.56. The number of hydrogen-bond acceptors (Lipinski definition) is 3. The van der Waals surface area contributed by atoms with Gasteiger partial charge in [0.2, 0.25) is 0 Å². The number of halogens is 3. The van der Waals surface area contributed by atoms with Crippen LogP contribution in [0.3, 0.4) is 0 Å². The van der Waals surface area contributed by atoms with Crippen LogP contribution in [-0.2, 0) is 0 Å². The van der Waals surface area contributed by atoms with Gasteiger partial charge in [0.15, 0.2) is 0 Å². The minimum absolute atomic E-state index is 0.0575. The Balaban J connectivity index is 2.17. The maximum absolute atomic E-state index is 14.2. The number of benzene rings is 2. The Morgan fingerprint density at radius 2 is 1.86 bits per heavy atom. The highest BCUT2D eigenvalue weighted by atomic mass is 79.9. The van der Waals surface area contributed by atoms with E-state index in [2.05, 4.69) is 25.9 Å². The molecule has 0 fully saturated rings. The molecule has 1 atom stereocenters. The lowest BCUT2D eigenvalue weighted by atomic mass is 9.99. The lowest BCUT2D eigenvalue weighted by Gasteiger charge is -2.15. The molecule has 1 heterocycles. The van der Waals surface area contributed by atoms with E-state index in [1.165, 1.54) is 12.3 Å². The van der Waals surface area contributed by atoms with Gasteiger partial charge >= 0.3 is 0 Å². The molecule has 3 aromatic rings. The van der Waals surface area contributed by atoms with E-state index in [4.69, 9.17) is 11.6 Å². The molecule has 21 heavy (non-hydrogen) atoms. The van der Waals surface area contributed by atoms with E-state index in [0.29, 0.717) is 21.1 Å². The zero-order valence-corrected chi connectivity index (χ0v) is 12.9. The van der Waals surface area contributed by atoms with Gasteiger partial charge in [0, 0.05) is 28.0 Å². The van der Waals surface area contributed by atoms with Gasteiger partial charge in [-0.05, 0) is 28.1 Å². The molecule has 0 aliphatic rings. The molecule has 3 nitrogen and oxygen atoms in total. The second-order valence-corrected chi connectivity index (χ2v) is 5.67. The highest BCUT2D eigenvalue weighted by Crippen LogP contribution is 2.34. The summed E-state index contributed by atoms with van der Waals surface area (Å²) < 4.78 is 14.7. The summed E-state index contributed by atoms with van der Waals surface area (Å²) in [4.78, 5) is 8.38. The third-order valence-corrected chi connectivity index (χ3v) is 4.44. The van der Waals surface area contributed by atoms with E-state index in [1.807, 2.05) is 0 Å². The van der Waals surface area contributed by atoms with Crippen LogP contribution in [-0.4, -0.2) is 15.1 Å². The van der Waals surface area contributed by atoms with E-state index in [1.54, 1.807) is 30.5 Å². The van der Waals surface area contributed by atoms with Crippen molar-refractivity contribution in [1.29, 1.82) is 0 Å². The number of aromatic nitrogens is 2. The molecule has 6 heteroatoms. The van der Waals surface area contributed by atoms with E-state index >= 15 is 0 Å². The molecule has 0 saturated heterocycles. The fraction of sp³-hybridized carbons (Fsp3) is 0.0667. The summed E-state index contributed by atoms with van der Waals surface area (Å²) in [6.07, 6.45) is 1.93. The number of aliphatic hydroxyl groups is 1. The molecule has 3 rings (SSSR count). The molecular weight excluding hydrogens is 359 g/mol. The van der Waals surface area contributed by atoms with Gasteiger partial charge in [-0.25, -0.2) is 4.39 Å². The number of hydrogen-bond donors (Lipinski definition) is 1. The van der Waals surface area contributed by atoms with Crippen LogP contribution in [0.5, 0.6) is 0 Å². The van der Waals surface area contributed by atoms with Crippen molar-refractivity contribution in [2.45, 2.75) is 6.10 Å². The Labute approximate surface area is 133 Å². The lowest BCUT2D eigenvalue weighted by molar-refractivity contribution is 0.216. The molecule has 106 valence electrons. The Kier molecular flexibility index (Phi) is 3.89. The third-order valence-electron chi connectivity index (χ3n) is 3.18. The first kappa shape index (κ1) is 14.4. The van der Waals surface area contributed by atoms with Crippen molar-refractivity contribution >= 4 is 38.6 Å². The van der Waals surface area contributed by atoms with Crippen LogP contribution in [0.15, 0.2) is 47.2 Å². The monoisotopic (exact) mass is 366 g/mol. The molecule has 0 aliphatic carbocycles. The molecular formula is C15H9BrClFN2O. The summed E-state index contributed by atoms with van der Waals surface area (Å²) in [6.45, 7) is 0. The van der Waals surface area contributed by atoms with E-state index in [0.717, 1.165) is 0 Å². The molecule has 0 spiro atoms. The predicted octanol–water partition coefficient (Wildman–Crippen LogP) is 4.27. The number of para-hydroxylation sites is 1. The van der Waals surface area contributed by atoms with Crippen molar-refractivity contribution in [2.75, 3.05) is 0 Å². The van der Waals surface area contributed by atoms with Gasteiger partial charge in [-0.2, -0.15) is 0 Å². The first-order chi connectivity index (χ1) is 10.1. The highest BCUT2D eigenvalue weighted by molar-refractivity contribution is 9.10. The van der Waals surface area contributed by atoms with Crippen molar-refractivity contribution in [3.63, 3.8) is 0 Å². The summed E-state index contributed by atoms with van der Waals surface area (Å²) in [7, 11) is 0. The number of rotatable bonds is 2. The number of nitrogens with zero attached hydrogens (tertiary/aromatic N) is 2. The molecule has 0 bridgehead atoms. The largest absolute Gasteiger partial charge is 0.383 e. The summed E-state index contributed by atoms with van der Waals surface area (Å²) in [6, 6.07) is 8.31. The van der Waals surface area contributed by atoms with Crippen LogP contribution in [0.1, 0.15) is 17.2 Å². The number of fused-ring (bicyclic) bond motifs is 1. The van der Waals surface area contributed by atoms with Crippen LogP contribution in [0.25, 0.3) is 11.0 Å². The minimum atomic E-state index is -1.17. The van der Waals surface area contributed by atoms with E-state index in [-0.39, 0.29) is 10.6 Å². The smallest absolute Gasteiger partial charge is 0.149 e. The van der Waals surface area contributed by atoms with Gasteiger partial charge in [0.25, 0.3) is 0 Å². The highest BCUT2D eigenvalue weighted by Gasteiger charge is 2.21. The first-order valence-corrected chi connectivity index (χ1v) is 7.28. The van der Waals surface area contributed by atoms with Gasteiger partial charge in [0.05, 0.1) is 16.1 Å². The maximum Gasteiger partial charge on any atom is 0.149 e. The average molecular weight is 368 g/mol. The Morgan fingerprint density at radius 1 is 1.10 bits per heavy atom. The fourth-order valence-corrected chi connectivity index (χ4v) is 2.63. The van der Waals surface area contributed by atoms with Crippen molar-refractivity contribution in [1.82, 2.24) is 9.97 Å². The van der Waals surface area contributed by atoms with Crippen LogP contribution in [0.2, 0.25) is 5.02 Å². The van der Waals surface area contributed by atoms with Crippen LogP contribution in [0, 0.1) is 5.82 Å². The van der Waals surface area contributed by atoms with Gasteiger partial charge in [-0.15, -0.1) is 0 Å². The van der Waals surface area contributed by atoms with E-state index in [9.17, 15) is 9.50 Å². The second-order valence-electron chi connectivity index (χ2n) is 4.44. The lowest BCUT2D eigenvalue weighted by Crippen LogP contribution is -2.05. The quantitative estimate of drug-likeness (QED) is 0.688. The normalized spacial score (nSPS) is 12.6. The molecule has 1 N–H and O–H groups in total. The summed E-state index contributed by atoms with van der Waals surface area (Å²) in [5, 5.41) is 10.4. The van der Waals surface area contributed by atoms with Gasteiger partial charge < -0.3 is 5.11 Å². The standard InChI is InChI=1S/C15H9BrClFN2O/c16-10-5-4-8(13(18)12(10)17)15(21)9-2-1-3-11-14(9)20-7-6-19-11/h1-7,15,21H. The van der Waals surface area contributed by atoms with Crippen molar-refractivity contribution in [3.05, 3.63) is 69.2 Å². The zero-order valence-electron chi connectivity index (χ0n) is 10.6. The summed E-state index contributed by atoms with van der Waals surface area (Å²) in [5.41, 5.74) is 1.75. The summed E-state index contributed by atoms with van der Waals surface area (Å²) in [5.74, 6) is -0.653. The van der Waals surface area contributed by atoms with Gasteiger partial charge in [0.1, 0.15) is 11.9 Å². The first-order valence-electron chi connectivity index (χ1n) is 6.10. The molecule has 1 aromatic heterocycles. The minimum Gasteiger partial charge on any atom is -0.383 e. The van der Waals surface area contributed by atoms with Crippen molar-refractivity contribution < 1.29 is 9.50 Å². The van der Waals surface area contributed by atoms with Gasteiger partial charge in [-0.3, -0.25) is 9.97 Å². The molecule has 0 saturated carbocycles. The average Bonchev–Trinajstić information content (AvgIpc) is 2.51. The fourth-order valence-electron chi connectivity index (χ4n) is 2.16. The topological polar surface area (TPSA) is 46.0 Å². The molecule has 2 aromatic carbocycles. The third kappa shape index (κ3) is 2.52.